The summed E-state index contributed by atoms with van der Waals surface area (Å²) >= 11 is 0. The first kappa shape index (κ1) is 7.49. The second-order valence-corrected chi connectivity index (χ2v) is 3.26. The zero-order valence-electron chi connectivity index (χ0n) is 6.40. The smallest absolute Gasteiger partial charge is 0.113 e. The lowest BCUT2D eigenvalue weighted by molar-refractivity contribution is -0.496. The van der Waals surface area contributed by atoms with E-state index in [2.05, 4.69) is 14.8 Å². The predicted molar refractivity (Wildman–Crippen MR) is 37.8 cm³/mol. The Morgan fingerprint density at radius 1 is 1.27 bits per heavy atom. The minimum Gasteiger partial charge on any atom is -0.298 e. The minimum atomic E-state index is 0.109. The molecule has 0 radical (unpaired) electrons. The summed E-state index contributed by atoms with van der Waals surface area (Å²) in [7, 11) is 0. The first-order valence-electron chi connectivity index (χ1n) is 4.13. The maximum atomic E-state index is 8.00. The van der Waals surface area contributed by atoms with E-state index < -0.39 is 0 Å². The van der Waals surface area contributed by atoms with Gasteiger partial charge in [-0.3, -0.25) is 4.90 Å². The number of rotatable bonds is 3. The largest absolute Gasteiger partial charge is 0.298 e. The van der Waals surface area contributed by atoms with Gasteiger partial charge in [-0.1, -0.05) is 5.04 Å². The molecule has 64 valence electrons. The Balaban J connectivity index is 1.72. The van der Waals surface area contributed by atoms with Crippen molar-refractivity contribution in [2.45, 2.75) is 31.4 Å². The molecule has 1 saturated carbocycles. The molecule has 0 spiro atoms. The second kappa shape index (κ2) is 3.06. The monoisotopic (exact) mass is 159 g/mol. The van der Waals surface area contributed by atoms with Crippen LogP contribution in [0.15, 0.2) is 0 Å². The molecule has 0 bridgehead atoms. The molecule has 1 N–H and O–H groups in total. The first-order chi connectivity index (χ1) is 5.42. The summed E-state index contributed by atoms with van der Waals surface area (Å²) in [5, 5.41) is 11.6. The van der Waals surface area contributed by atoms with Crippen molar-refractivity contribution >= 4 is 0 Å². The summed E-state index contributed by atoms with van der Waals surface area (Å²) in [6.07, 6.45) is 3.70. The number of nitrogens with zero attached hydrogens (tertiary/aromatic N) is 1. The Morgan fingerprint density at radius 3 is 2.64 bits per heavy atom. The first-order valence-corrected chi connectivity index (χ1v) is 4.13. The van der Waals surface area contributed by atoms with Gasteiger partial charge in [-0.2, -0.15) is 0 Å². The van der Waals surface area contributed by atoms with Gasteiger partial charge in [-0.05, 0) is 32.4 Å². The van der Waals surface area contributed by atoms with Crippen LogP contribution < -0.4 is 0 Å². The molecule has 4 nitrogen and oxygen atoms in total. The van der Waals surface area contributed by atoms with Gasteiger partial charge in [0.15, 0.2) is 0 Å². The number of likely N-dealkylation sites (tertiary alicyclic amines) is 1. The van der Waals surface area contributed by atoms with Crippen LogP contribution in [0.3, 0.4) is 0 Å². The van der Waals surface area contributed by atoms with Crippen LogP contribution >= 0.6 is 0 Å². The van der Waals surface area contributed by atoms with E-state index >= 15 is 0 Å². The third kappa shape index (κ3) is 1.54. The van der Waals surface area contributed by atoms with Gasteiger partial charge in [0.1, 0.15) is 6.10 Å². The van der Waals surface area contributed by atoms with E-state index in [9.17, 15) is 0 Å². The van der Waals surface area contributed by atoms with E-state index in [-0.39, 0.29) is 6.10 Å². The molecular weight excluding hydrogens is 146 g/mol. The van der Waals surface area contributed by atoms with Gasteiger partial charge in [0.05, 0.1) is 0 Å². The third-order valence-corrected chi connectivity index (χ3v) is 2.48. The van der Waals surface area contributed by atoms with E-state index in [0.717, 1.165) is 6.42 Å². The maximum Gasteiger partial charge on any atom is 0.113 e. The maximum absolute atomic E-state index is 8.00. The van der Waals surface area contributed by atoms with Crippen molar-refractivity contribution in [2.75, 3.05) is 13.1 Å². The molecule has 2 aliphatic rings. The van der Waals surface area contributed by atoms with E-state index in [4.69, 9.17) is 5.26 Å². The summed E-state index contributed by atoms with van der Waals surface area (Å²) in [5.41, 5.74) is 0. The molecule has 2 atom stereocenters. The fourth-order valence-corrected chi connectivity index (χ4v) is 1.78. The summed E-state index contributed by atoms with van der Waals surface area (Å²) in [4.78, 5) is 6.98. The molecule has 0 amide bonds. The summed E-state index contributed by atoms with van der Waals surface area (Å²) in [6.45, 7) is 2.35. The standard InChI is InChI=1S/C7H13NO3/c9-11-10-7-5-6(7)8-3-1-2-4-8/h6-7,9H,1-5H2. The highest BCUT2D eigenvalue weighted by Crippen LogP contribution is 2.33. The van der Waals surface area contributed by atoms with Crippen LogP contribution in [0.2, 0.25) is 0 Å². The SMILES string of the molecule is OOOC1CC1N1CCCC1. The summed E-state index contributed by atoms with van der Waals surface area (Å²) in [5.74, 6) is 0. The molecule has 2 fully saturated rings. The van der Waals surface area contributed by atoms with E-state index in [1.54, 1.807) is 0 Å². The van der Waals surface area contributed by atoms with Crippen molar-refractivity contribution in [3.8, 4) is 0 Å². The molecule has 2 rings (SSSR count). The van der Waals surface area contributed by atoms with Crippen LogP contribution in [0, 0.1) is 0 Å². The van der Waals surface area contributed by atoms with Gasteiger partial charge in [0.25, 0.3) is 0 Å². The predicted octanol–water partition coefficient (Wildman–Crippen LogP) is 0.644. The Kier molecular flexibility index (Phi) is 2.09. The highest BCUT2D eigenvalue weighted by Gasteiger charge is 2.44. The van der Waals surface area contributed by atoms with Gasteiger partial charge in [0.2, 0.25) is 0 Å². The van der Waals surface area contributed by atoms with Crippen LogP contribution in [0.25, 0.3) is 0 Å². The van der Waals surface area contributed by atoms with Crippen LogP contribution in [0.5, 0.6) is 0 Å². The molecule has 1 aliphatic carbocycles. The van der Waals surface area contributed by atoms with Crippen molar-refractivity contribution in [1.82, 2.24) is 4.90 Å². The van der Waals surface area contributed by atoms with Gasteiger partial charge >= 0.3 is 0 Å². The summed E-state index contributed by atoms with van der Waals surface area (Å²) < 4.78 is 0. The highest BCUT2D eigenvalue weighted by atomic mass is 17.5. The second-order valence-electron chi connectivity index (χ2n) is 3.26. The normalized spacial score (nSPS) is 37.9. The molecule has 2 unspecified atom stereocenters. The van der Waals surface area contributed by atoms with Crippen molar-refractivity contribution in [3.63, 3.8) is 0 Å². The number of hydrogen-bond donors (Lipinski definition) is 1. The Labute approximate surface area is 65.6 Å². The van der Waals surface area contributed by atoms with Crippen LogP contribution in [0.1, 0.15) is 19.3 Å². The fourth-order valence-electron chi connectivity index (χ4n) is 1.78. The molecule has 1 heterocycles. The van der Waals surface area contributed by atoms with Crippen molar-refractivity contribution in [1.29, 1.82) is 0 Å². The van der Waals surface area contributed by atoms with Gasteiger partial charge in [-0.25, -0.2) is 10.1 Å². The van der Waals surface area contributed by atoms with Crippen molar-refractivity contribution in [2.24, 2.45) is 0 Å². The summed E-state index contributed by atoms with van der Waals surface area (Å²) in [6, 6.07) is 0.504. The Hall–Kier alpha value is -0.160. The molecule has 0 aromatic rings. The minimum absolute atomic E-state index is 0.109. The van der Waals surface area contributed by atoms with Crippen LogP contribution in [0.4, 0.5) is 0 Å². The lowest BCUT2D eigenvalue weighted by Crippen LogP contribution is -2.24. The lowest BCUT2D eigenvalue weighted by Gasteiger charge is -2.12. The zero-order valence-corrected chi connectivity index (χ0v) is 6.40. The number of hydrogen-bond acceptors (Lipinski definition) is 4. The molecular formula is C7H13NO3. The van der Waals surface area contributed by atoms with Gasteiger partial charge in [-0.15, -0.1) is 0 Å². The van der Waals surface area contributed by atoms with E-state index in [1.165, 1.54) is 25.9 Å². The zero-order chi connectivity index (χ0) is 7.68. The Morgan fingerprint density at radius 2 is 2.00 bits per heavy atom. The fraction of sp³-hybridized carbons (Fsp3) is 1.00. The average Bonchev–Trinajstić information content (AvgIpc) is 2.61. The molecule has 1 saturated heterocycles. The lowest BCUT2D eigenvalue weighted by atomic mass is 10.4. The van der Waals surface area contributed by atoms with E-state index in [1.807, 2.05) is 0 Å². The average molecular weight is 159 g/mol. The quantitative estimate of drug-likeness (QED) is 0.485. The third-order valence-electron chi connectivity index (χ3n) is 2.48. The molecule has 0 aromatic heterocycles. The van der Waals surface area contributed by atoms with Gasteiger partial charge in [0, 0.05) is 6.04 Å². The molecule has 0 aromatic carbocycles. The van der Waals surface area contributed by atoms with Crippen molar-refractivity contribution < 1.29 is 15.2 Å². The van der Waals surface area contributed by atoms with Crippen LogP contribution in [-0.2, 0) is 9.93 Å². The van der Waals surface area contributed by atoms with E-state index in [0.29, 0.717) is 6.04 Å². The highest BCUT2D eigenvalue weighted by molar-refractivity contribution is 4.97. The van der Waals surface area contributed by atoms with Crippen LogP contribution in [-0.4, -0.2) is 35.4 Å². The van der Waals surface area contributed by atoms with Gasteiger partial charge < -0.3 is 0 Å². The molecule has 11 heavy (non-hydrogen) atoms. The van der Waals surface area contributed by atoms with Crippen molar-refractivity contribution in [3.05, 3.63) is 0 Å². The molecule has 4 heteroatoms. The topological polar surface area (TPSA) is 41.9 Å². The Bertz CT molecular complexity index is 136. The molecule has 1 aliphatic heterocycles.